The molecule has 1 heterocycles. The summed E-state index contributed by atoms with van der Waals surface area (Å²) in [6.45, 7) is 3.96. The van der Waals surface area contributed by atoms with Gasteiger partial charge in [-0.05, 0) is 25.1 Å². The molecule has 8 heteroatoms. The molecular formula is C17H22Cl2N4O2. The SMILES string of the molecule is COc1ccc(Nc2cc(C)[nH]c(=O)n2)cc1CN(CCCl)CCCl. The van der Waals surface area contributed by atoms with Crippen molar-refractivity contribution in [3.05, 3.63) is 46.0 Å². The van der Waals surface area contributed by atoms with E-state index in [2.05, 4.69) is 20.2 Å². The van der Waals surface area contributed by atoms with Crippen molar-refractivity contribution in [2.75, 3.05) is 37.3 Å². The second-order valence-corrected chi connectivity index (χ2v) is 6.32. The number of anilines is 2. The number of methoxy groups -OCH3 is 1. The fourth-order valence-corrected chi connectivity index (χ4v) is 3.00. The molecule has 0 aliphatic rings. The molecule has 0 radical (unpaired) electrons. The maximum absolute atomic E-state index is 11.5. The largest absolute Gasteiger partial charge is 0.496 e. The molecule has 25 heavy (non-hydrogen) atoms. The number of benzene rings is 1. The van der Waals surface area contributed by atoms with Gasteiger partial charge in [0, 0.05) is 54.4 Å². The molecule has 0 saturated carbocycles. The summed E-state index contributed by atoms with van der Waals surface area (Å²) >= 11 is 11.7. The first kappa shape index (κ1) is 19.6. The third kappa shape index (κ3) is 5.92. The predicted octanol–water partition coefficient (Wildman–Crippen LogP) is 3.11. The van der Waals surface area contributed by atoms with Crippen molar-refractivity contribution >= 4 is 34.7 Å². The van der Waals surface area contributed by atoms with Gasteiger partial charge in [-0.25, -0.2) is 4.79 Å². The lowest BCUT2D eigenvalue weighted by atomic mass is 10.1. The minimum atomic E-state index is -0.383. The van der Waals surface area contributed by atoms with Gasteiger partial charge in [0.15, 0.2) is 0 Å². The first-order valence-corrected chi connectivity index (χ1v) is 8.98. The topological polar surface area (TPSA) is 70.2 Å². The molecular weight excluding hydrogens is 363 g/mol. The molecule has 0 saturated heterocycles. The van der Waals surface area contributed by atoms with E-state index in [1.165, 1.54) is 0 Å². The van der Waals surface area contributed by atoms with Gasteiger partial charge in [-0.15, -0.1) is 23.2 Å². The number of hydrogen-bond donors (Lipinski definition) is 2. The van der Waals surface area contributed by atoms with Crippen LogP contribution in [-0.4, -0.2) is 46.8 Å². The zero-order valence-corrected chi connectivity index (χ0v) is 15.8. The molecule has 1 aromatic heterocycles. The number of hydrogen-bond acceptors (Lipinski definition) is 5. The molecule has 0 bridgehead atoms. The lowest BCUT2D eigenvalue weighted by Gasteiger charge is -2.22. The van der Waals surface area contributed by atoms with Gasteiger partial charge < -0.3 is 15.0 Å². The van der Waals surface area contributed by atoms with Crippen LogP contribution in [0.25, 0.3) is 0 Å². The first-order valence-electron chi connectivity index (χ1n) is 7.92. The normalized spacial score (nSPS) is 10.9. The van der Waals surface area contributed by atoms with Gasteiger partial charge in [-0.3, -0.25) is 4.90 Å². The van der Waals surface area contributed by atoms with E-state index in [9.17, 15) is 4.79 Å². The summed E-state index contributed by atoms with van der Waals surface area (Å²) in [5.74, 6) is 2.35. The van der Waals surface area contributed by atoms with Gasteiger partial charge in [0.2, 0.25) is 0 Å². The number of alkyl halides is 2. The lowest BCUT2D eigenvalue weighted by molar-refractivity contribution is 0.292. The second-order valence-electron chi connectivity index (χ2n) is 5.56. The minimum absolute atomic E-state index is 0.383. The summed E-state index contributed by atoms with van der Waals surface area (Å²) in [4.78, 5) is 20.2. The molecule has 0 spiro atoms. The fourth-order valence-electron chi connectivity index (χ4n) is 2.52. The van der Waals surface area contributed by atoms with Gasteiger partial charge in [-0.1, -0.05) is 0 Å². The van der Waals surface area contributed by atoms with Crippen LogP contribution in [0.4, 0.5) is 11.5 Å². The number of nitrogens with zero attached hydrogens (tertiary/aromatic N) is 2. The highest BCUT2D eigenvalue weighted by Crippen LogP contribution is 2.25. The van der Waals surface area contributed by atoms with Gasteiger partial charge in [-0.2, -0.15) is 4.98 Å². The number of nitrogens with one attached hydrogen (secondary N) is 2. The Morgan fingerprint density at radius 2 is 1.96 bits per heavy atom. The van der Waals surface area contributed by atoms with Crippen LogP contribution in [0.1, 0.15) is 11.3 Å². The molecule has 0 aliphatic carbocycles. The molecule has 136 valence electrons. The third-order valence-corrected chi connectivity index (χ3v) is 3.97. The number of H-pyrrole nitrogens is 1. The summed E-state index contributed by atoms with van der Waals surface area (Å²) < 4.78 is 5.45. The van der Waals surface area contributed by atoms with E-state index in [1.807, 2.05) is 25.1 Å². The minimum Gasteiger partial charge on any atom is -0.496 e. The summed E-state index contributed by atoms with van der Waals surface area (Å²) in [6, 6.07) is 7.52. The van der Waals surface area contributed by atoms with Crippen LogP contribution in [0.5, 0.6) is 5.75 Å². The summed E-state index contributed by atoms with van der Waals surface area (Å²) in [6.07, 6.45) is 0. The number of aromatic amines is 1. The predicted molar refractivity (Wildman–Crippen MR) is 103 cm³/mol. The first-order chi connectivity index (χ1) is 12.0. The van der Waals surface area contributed by atoms with Crippen LogP contribution in [0.2, 0.25) is 0 Å². The van der Waals surface area contributed by atoms with Crippen LogP contribution < -0.4 is 15.7 Å². The van der Waals surface area contributed by atoms with Crippen molar-refractivity contribution in [3.63, 3.8) is 0 Å². The van der Waals surface area contributed by atoms with E-state index >= 15 is 0 Å². The van der Waals surface area contributed by atoms with E-state index in [0.29, 0.717) is 24.1 Å². The Morgan fingerprint density at radius 1 is 1.24 bits per heavy atom. The lowest BCUT2D eigenvalue weighted by Crippen LogP contribution is -2.27. The highest BCUT2D eigenvalue weighted by molar-refractivity contribution is 6.18. The molecule has 0 fully saturated rings. The standard InChI is InChI=1S/C17H22Cl2N4O2/c1-12-9-16(22-17(24)20-12)21-14-3-4-15(25-2)13(10-14)11-23(7-5-18)8-6-19/h3-4,9-10H,5-8,11H2,1-2H3,(H2,20,21,22,24). The van der Waals surface area contributed by atoms with E-state index in [4.69, 9.17) is 27.9 Å². The molecule has 2 aromatic rings. The molecule has 0 amide bonds. The Labute approximate surface area is 157 Å². The summed E-state index contributed by atoms with van der Waals surface area (Å²) in [5, 5.41) is 3.16. The van der Waals surface area contributed by atoms with E-state index < -0.39 is 0 Å². The number of halogens is 2. The summed E-state index contributed by atoms with van der Waals surface area (Å²) in [7, 11) is 1.64. The monoisotopic (exact) mass is 384 g/mol. The van der Waals surface area contributed by atoms with Gasteiger partial charge in [0.1, 0.15) is 11.6 Å². The van der Waals surface area contributed by atoms with Gasteiger partial charge in [0.05, 0.1) is 7.11 Å². The molecule has 1 aromatic carbocycles. The second kappa shape index (κ2) is 9.65. The Kier molecular flexibility index (Phi) is 7.55. The van der Waals surface area contributed by atoms with E-state index in [0.717, 1.165) is 35.8 Å². The number of aromatic nitrogens is 2. The van der Waals surface area contributed by atoms with Gasteiger partial charge in [0.25, 0.3) is 0 Å². The Morgan fingerprint density at radius 3 is 2.56 bits per heavy atom. The van der Waals surface area contributed by atoms with Crippen molar-refractivity contribution in [3.8, 4) is 5.75 Å². The van der Waals surface area contributed by atoms with Crippen molar-refractivity contribution in [2.45, 2.75) is 13.5 Å². The third-order valence-electron chi connectivity index (χ3n) is 3.63. The van der Waals surface area contributed by atoms with Crippen LogP contribution in [0, 0.1) is 6.92 Å². The molecule has 2 rings (SSSR count). The molecule has 0 unspecified atom stereocenters. The van der Waals surface area contributed by atoms with Crippen LogP contribution in [0.15, 0.2) is 29.1 Å². The zero-order valence-electron chi connectivity index (χ0n) is 14.3. The van der Waals surface area contributed by atoms with Crippen LogP contribution in [-0.2, 0) is 6.54 Å². The number of ether oxygens (including phenoxy) is 1. The molecule has 0 atom stereocenters. The zero-order chi connectivity index (χ0) is 18.2. The van der Waals surface area contributed by atoms with Crippen LogP contribution >= 0.6 is 23.2 Å². The van der Waals surface area contributed by atoms with E-state index in [1.54, 1.807) is 13.2 Å². The molecule has 6 nitrogen and oxygen atoms in total. The Hall–Kier alpha value is -1.76. The molecule has 2 N–H and O–H groups in total. The smallest absolute Gasteiger partial charge is 0.347 e. The molecule has 0 aliphatic heterocycles. The average Bonchev–Trinajstić information content (AvgIpc) is 2.54. The Balaban J connectivity index is 2.24. The van der Waals surface area contributed by atoms with E-state index in [-0.39, 0.29) is 5.69 Å². The van der Waals surface area contributed by atoms with Gasteiger partial charge >= 0.3 is 5.69 Å². The summed E-state index contributed by atoms with van der Waals surface area (Å²) in [5.41, 5.74) is 2.19. The van der Waals surface area contributed by atoms with Crippen LogP contribution in [0.3, 0.4) is 0 Å². The number of rotatable bonds is 9. The van der Waals surface area contributed by atoms with Crippen molar-refractivity contribution in [1.82, 2.24) is 14.9 Å². The fraction of sp³-hybridized carbons (Fsp3) is 0.412. The maximum Gasteiger partial charge on any atom is 0.347 e. The van der Waals surface area contributed by atoms with Crippen molar-refractivity contribution < 1.29 is 4.74 Å². The van der Waals surface area contributed by atoms with Crippen molar-refractivity contribution in [1.29, 1.82) is 0 Å². The number of aryl methyl sites for hydroxylation is 1. The average molecular weight is 385 g/mol. The maximum atomic E-state index is 11.5. The van der Waals surface area contributed by atoms with Crippen molar-refractivity contribution in [2.24, 2.45) is 0 Å². The highest BCUT2D eigenvalue weighted by Gasteiger charge is 2.11. The Bertz CT molecular complexity index is 746. The highest BCUT2D eigenvalue weighted by atomic mass is 35.5. The quantitative estimate of drug-likeness (QED) is 0.649.